The van der Waals surface area contributed by atoms with Gasteiger partial charge in [-0.25, -0.2) is 0 Å². The van der Waals surface area contributed by atoms with Crippen molar-refractivity contribution in [3.05, 3.63) is 64.2 Å². The maximum Gasteiger partial charge on any atom is 0.238 e. The molecule has 1 aliphatic carbocycles. The second kappa shape index (κ2) is 6.98. The van der Waals surface area contributed by atoms with Crippen molar-refractivity contribution < 1.29 is 9.90 Å². The lowest BCUT2D eigenvalue weighted by molar-refractivity contribution is -0.115. The predicted molar refractivity (Wildman–Crippen MR) is 101 cm³/mol. The lowest BCUT2D eigenvalue weighted by Crippen LogP contribution is -2.47. The third kappa shape index (κ3) is 3.46. The summed E-state index contributed by atoms with van der Waals surface area (Å²) in [7, 11) is 0. The van der Waals surface area contributed by atoms with Gasteiger partial charge in [0, 0.05) is 5.69 Å². The number of carbonyl (C=O) groups is 1. The Morgan fingerprint density at radius 2 is 1.84 bits per heavy atom. The van der Waals surface area contributed by atoms with Crippen LogP contribution in [0.15, 0.2) is 36.4 Å². The van der Waals surface area contributed by atoms with Crippen molar-refractivity contribution in [2.75, 3.05) is 18.5 Å². The Balaban J connectivity index is 1.71. The molecule has 3 rings (SSSR count). The first-order chi connectivity index (χ1) is 11.9. The summed E-state index contributed by atoms with van der Waals surface area (Å²) < 4.78 is 0. The maximum absolute atomic E-state index is 12.5. The van der Waals surface area contributed by atoms with Crippen LogP contribution in [0.1, 0.15) is 34.2 Å². The van der Waals surface area contributed by atoms with Crippen LogP contribution in [-0.2, 0) is 16.8 Å². The number of fused-ring (bicyclic) bond motifs is 1. The monoisotopic (exact) mass is 338 g/mol. The van der Waals surface area contributed by atoms with Crippen LogP contribution in [0.2, 0.25) is 0 Å². The highest BCUT2D eigenvalue weighted by Gasteiger charge is 2.37. The molecule has 0 radical (unpaired) electrons. The normalized spacial score (nSPS) is 18.9. The van der Waals surface area contributed by atoms with Crippen molar-refractivity contribution in [1.82, 2.24) is 5.32 Å². The Kier molecular flexibility index (Phi) is 4.93. The van der Waals surface area contributed by atoms with Crippen molar-refractivity contribution in [2.24, 2.45) is 0 Å². The van der Waals surface area contributed by atoms with Crippen molar-refractivity contribution in [3.63, 3.8) is 0 Å². The number of aryl methyl sites for hydroxylation is 4. The average Bonchev–Trinajstić information content (AvgIpc) is 2.96. The van der Waals surface area contributed by atoms with Crippen LogP contribution in [0.3, 0.4) is 0 Å². The Morgan fingerprint density at radius 1 is 1.16 bits per heavy atom. The summed E-state index contributed by atoms with van der Waals surface area (Å²) in [6.45, 7) is 6.22. The molecule has 4 nitrogen and oxygen atoms in total. The minimum atomic E-state index is -0.523. The minimum Gasteiger partial charge on any atom is -0.394 e. The van der Waals surface area contributed by atoms with Crippen LogP contribution < -0.4 is 10.6 Å². The largest absolute Gasteiger partial charge is 0.394 e. The van der Waals surface area contributed by atoms with Gasteiger partial charge in [-0.2, -0.15) is 0 Å². The standard InChI is InChI=1S/C21H26N2O2/c1-14-10-15(2)20(16(3)11-14)23-19(25)12-22-21(13-24)9-8-17-6-4-5-7-18(17)21/h4-7,10-11,22,24H,8-9,12-13H2,1-3H3,(H,23,25). The van der Waals surface area contributed by atoms with Crippen LogP contribution >= 0.6 is 0 Å². The van der Waals surface area contributed by atoms with Crippen molar-refractivity contribution in [2.45, 2.75) is 39.2 Å². The van der Waals surface area contributed by atoms with Crippen molar-refractivity contribution in [3.8, 4) is 0 Å². The fourth-order valence-corrected chi connectivity index (χ4v) is 3.90. The summed E-state index contributed by atoms with van der Waals surface area (Å²) in [5.74, 6) is -0.0905. The lowest BCUT2D eigenvalue weighted by Gasteiger charge is -2.29. The van der Waals surface area contributed by atoms with Crippen molar-refractivity contribution in [1.29, 1.82) is 0 Å². The molecule has 0 aliphatic heterocycles. The van der Waals surface area contributed by atoms with E-state index in [1.54, 1.807) is 0 Å². The Hall–Kier alpha value is -2.17. The summed E-state index contributed by atoms with van der Waals surface area (Å²) in [4.78, 5) is 12.5. The first-order valence-electron chi connectivity index (χ1n) is 8.77. The van der Waals surface area contributed by atoms with Gasteiger partial charge in [0.05, 0.1) is 18.7 Å². The molecular weight excluding hydrogens is 312 g/mol. The highest BCUT2D eigenvalue weighted by atomic mass is 16.3. The molecule has 2 aromatic rings. The zero-order valence-corrected chi connectivity index (χ0v) is 15.1. The van der Waals surface area contributed by atoms with Gasteiger partial charge in [0.2, 0.25) is 5.91 Å². The van der Waals surface area contributed by atoms with E-state index in [9.17, 15) is 9.90 Å². The van der Waals surface area contributed by atoms with E-state index in [0.29, 0.717) is 0 Å². The fraction of sp³-hybridized carbons (Fsp3) is 0.381. The number of hydrogen-bond donors (Lipinski definition) is 3. The van der Waals surface area contributed by atoms with Gasteiger partial charge < -0.3 is 10.4 Å². The fourth-order valence-electron chi connectivity index (χ4n) is 3.90. The molecule has 132 valence electrons. The second-order valence-electron chi connectivity index (χ2n) is 7.07. The number of carbonyl (C=O) groups excluding carboxylic acids is 1. The van der Waals surface area contributed by atoms with Gasteiger partial charge in [-0.15, -0.1) is 0 Å². The van der Waals surface area contributed by atoms with Gasteiger partial charge in [0.15, 0.2) is 0 Å². The SMILES string of the molecule is Cc1cc(C)c(NC(=O)CNC2(CO)CCc3ccccc32)c(C)c1. The third-order valence-electron chi connectivity index (χ3n) is 5.15. The third-order valence-corrected chi connectivity index (χ3v) is 5.15. The topological polar surface area (TPSA) is 61.4 Å². The van der Waals surface area contributed by atoms with Crippen molar-refractivity contribution >= 4 is 11.6 Å². The number of rotatable bonds is 5. The van der Waals surface area contributed by atoms with Crippen LogP contribution in [0.5, 0.6) is 0 Å². The van der Waals surface area contributed by atoms with E-state index in [4.69, 9.17) is 0 Å². The van der Waals surface area contributed by atoms with Gasteiger partial charge in [0.1, 0.15) is 0 Å². The summed E-state index contributed by atoms with van der Waals surface area (Å²) in [6, 6.07) is 12.3. The first kappa shape index (κ1) is 17.6. The van der Waals surface area contributed by atoms with Gasteiger partial charge >= 0.3 is 0 Å². The quantitative estimate of drug-likeness (QED) is 0.785. The van der Waals surface area contributed by atoms with Gasteiger partial charge in [0.25, 0.3) is 0 Å². The molecule has 0 saturated carbocycles. The number of hydrogen-bond acceptors (Lipinski definition) is 3. The molecule has 0 fully saturated rings. The number of aliphatic hydroxyl groups is 1. The van der Waals surface area contributed by atoms with Crippen LogP contribution in [0.4, 0.5) is 5.69 Å². The Morgan fingerprint density at radius 3 is 2.52 bits per heavy atom. The van der Waals surface area contributed by atoms with Crippen LogP contribution in [0.25, 0.3) is 0 Å². The molecule has 3 N–H and O–H groups in total. The summed E-state index contributed by atoms with van der Waals surface area (Å²) in [5.41, 5.74) is 6.02. The molecule has 4 heteroatoms. The number of nitrogens with one attached hydrogen (secondary N) is 2. The second-order valence-corrected chi connectivity index (χ2v) is 7.07. The molecule has 1 atom stereocenters. The molecule has 0 saturated heterocycles. The zero-order valence-electron chi connectivity index (χ0n) is 15.1. The number of benzene rings is 2. The molecule has 1 unspecified atom stereocenters. The van der Waals surface area contributed by atoms with E-state index in [1.807, 2.05) is 32.0 Å². The predicted octanol–water partition coefficient (Wildman–Crippen LogP) is 2.97. The Labute approximate surface area is 149 Å². The Bertz CT molecular complexity index is 777. The molecular formula is C21H26N2O2. The zero-order chi connectivity index (χ0) is 18.0. The van der Waals surface area contributed by atoms with E-state index in [1.165, 1.54) is 11.1 Å². The smallest absolute Gasteiger partial charge is 0.238 e. The number of amides is 1. The van der Waals surface area contributed by atoms with E-state index in [0.717, 1.165) is 35.2 Å². The lowest BCUT2D eigenvalue weighted by atomic mass is 9.92. The molecule has 2 aromatic carbocycles. The first-order valence-corrected chi connectivity index (χ1v) is 8.77. The number of aliphatic hydroxyl groups excluding tert-OH is 1. The van der Waals surface area contributed by atoms with E-state index >= 15 is 0 Å². The molecule has 0 bridgehead atoms. The van der Waals surface area contributed by atoms with Crippen LogP contribution in [0, 0.1) is 20.8 Å². The molecule has 0 heterocycles. The summed E-state index contributed by atoms with van der Waals surface area (Å²) in [6.07, 6.45) is 1.72. The average molecular weight is 338 g/mol. The molecule has 0 aromatic heterocycles. The minimum absolute atomic E-state index is 0.0140. The molecule has 25 heavy (non-hydrogen) atoms. The number of anilines is 1. The van der Waals surface area contributed by atoms with E-state index in [2.05, 4.69) is 35.8 Å². The van der Waals surface area contributed by atoms with Gasteiger partial charge in [-0.1, -0.05) is 42.0 Å². The highest BCUT2D eigenvalue weighted by Crippen LogP contribution is 2.36. The van der Waals surface area contributed by atoms with Crippen LogP contribution in [-0.4, -0.2) is 24.2 Å². The highest BCUT2D eigenvalue weighted by molar-refractivity contribution is 5.93. The van der Waals surface area contributed by atoms with E-state index in [-0.39, 0.29) is 19.1 Å². The summed E-state index contributed by atoms with van der Waals surface area (Å²) >= 11 is 0. The molecule has 1 aliphatic rings. The molecule has 1 amide bonds. The van der Waals surface area contributed by atoms with Gasteiger partial charge in [-0.3, -0.25) is 10.1 Å². The van der Waals surface area contributed by atoms with E-state index < -0.39 is 5.54 Å². The summed E-state index contributed by atoms with van der Waals surface area (Å²) in [5, 5.41) is 16.3. The maximum atomic E-state index is 12.5. The molecule has 0 spiro atoms. The van der Waals surface area contributed by atoms with Gasteiger partial charge in [-0.05, 0) is 55.9 Å².